The lowest BCUT2D eigenvalue weighted by Crippen LogP contribution is -2.12. The molecule has 0 radical (unpaired) electrons. The van der Waals surface area contributed by atoms with Gasteiger partial charge in [-0.2, -0.15) is 0 Å². The molecular weight excluding hydrogens is 400 g/mol. The largest absolute Gasteiger partial charge is 0.363 e. The van der Waals surface area contributed by atoms with Gasteiger partial charge in [0.15, 0.2) is 11.5 Å². The maximum atomic E-state index is 11.4. The van der Waals surface area contributed by atoms with E-state index in [9.17, 15) is 8.42 Å². The van der Waals surface area contributed by atoms with Gasteiger partial charge in [0, 0.05) is 41.6 Å². The van der Waals surface area contributed by atoms with Gasteiger partial charge in [-0.1, -0.05) is 18.2 Å². The number of aromatic amines is 1. The monoisotopic (exact) mass is 418 g/mol. The number of imidazole rings is 1. The van der Waals surface area contributed by atoms with Crippen LogP contribution in [0.3, 0.4) is 0 Å². The summed E-state index contributed by atoms with van der Waals surface area (Å²) in [5.41, 5.74) is 4.73. The van der Waals surface area contributed by atoms with Crippen LogP contribution < -0.4 is 10.5 Å². The van der Waals surface area contributed by atoms with Crippen LogP contribution in [0.4, 0.5) is 5.82 Å². The van der Waals surface area contributed by atoms with Gasteiger partial charge in [0.25, 0.3) is 0 Å². The number of anilines is 1. The Morgan fingerprint density at radius 3 is 2.70 bits per heavy atom. The van der Waals surface area contributed by atoms with Crippen molar-refractivity contribution in [2.75, 3.05) is 5.32 Å². The summed E-state index contributed by atoms with van der Waals surface area (Å²) in [6.45, 7) is 0.467. The van der Waals surface area contributed by atoms with Crippen molar-refractivity contribution in [1.82, 2.24) is 19.4 Å². The first kappa shape index (κ1) is 18.3. The molecule has 5 aromatic rings. The number of primary sulfonamides is 1. The molecule has 3 aromatic heterocycles. The van der Waals surface area contributed by atoms with Gasteiger partial charge in [0.1, 0.15) is 0 Å². The van der Waals surface area contributed by atoms with Crippen LogP contribution in [0.5, 0.6) is 0 Å². The number of rotatable bonds is 5. The third-order valence-corrected chi connectivity index (χ3v) is 5.92. The van der Waals surface area contributed by atoms with Crippen LogP contribution in [0, 0.1) is 0 Å². The van der Waals surface area contributed by atoms with Crippen LogP contribution in [0.15, 0.2) is 78.2 Å². The molecule has 30 heavy (non-hydrogen) atoms. The highest BCUT2D eigenvalue weighted by Crippen LogP contribution is 2.26. The van der Waals surface area contributed by atoms with E-state index in [-0.39, 0.29) is 4.90 Å². The minimum atomic E-state index is -3.70. The summed E-state index contributed by atoms with van der Waals surface area (Å²) in [5.74, 6) is 0.641. The van der Waals surface area contributed by atoms with Gasteiger partial charge in [-0.15, -0.1) is 0 Å². The highest BCUT2D eigenvalue weighted by atomic mass is 32.2. The second-order valence-electron chi connectivity index (χ2n) is 6.94. The van der Waals surface area contributed by atoms with Crippen molar-refractivity contribution in [3.63, 3.8) is 0 Å². The Bertz CT molecular complexity index is 1470. The van der Waals surface area contributed by atoms with Crippen LogP contribution in [0.2, 0.25) is 0 Å². The van der Waals surface area contributed by atoms with Crippen LogP contribution in [0.25, 0.3) is 27.8 Å². The molecule has 3 heterocycles. The molecule has 0 amide bonds. The molecular formula is C21H18N6O2S. The zero-order valence-corrected chi connectivity index (χ0v) is 16.6. The lowest BCUT2D eigenvalue weighted by Gasteiger charge is -2.08. The van der Waals surface area contributed by atoms with Gasteiger partial charge < -0.3 is 10.3 Å². The molecule has 0 aliphatic carbocycles. The first-order chi connectivity index (χ1) is 14.5. The zero-order valence-electron chi connectivity index (χ0n) is 15.8. The van der Waals surface area contributed by atoms with Crippen molar-refractivity contribution in [3.05, 3.63) is 78.9 Å². The summed E-state index contributed by atoms with van der Waals surface area (Å²) in [6, 6.07) is 14.7. The van der Waals surface area contributed by atoms with Gasteiger partial charge in [-0.05, 0) is 35.9 Å². The lowest BCUT2D eigenvalue weighted by molar-refractivity contribution is 0.598. The molecule has 0 fully saturated rings. The maximum absolute atomic E-state index is 11.4. The molecule has 2 aromatic carbocycles. The number of fused-ring (bicyclic) bond motifs is 2. The number of nitrogens with zero attached hydrogens (tertiary/aromatic N) is 3. The van der Waals surface area contributed by atoms with Crippen LogP contribution >= 0.6 is 0 Å². The normalized spacial score (nSPS) is 11.9. The molecule has 0 atom stereocenters. The molecule has 4 N–H and O–H groups in total. The van der Waals surface area contributed by atoms with Crippen LogP contribution in [0.1, 0.15) is 5.56 Å². The van der Waals surface area contributed by atoms with Gasteiger partial charge in [-0.3, -0.25) is 4.40 Å². The van der Waals surface area contributed by atoms with Crippen LogP contribution in [-0.2, 0) is 16.6 Å². The molecule has 5 rings (SSSR count). The van der Waals surface area contributed by atoms with Crippen molar-refractivity contribution in [3.8, 4) is 11.3 Å². The average Bonchev–Trinajstić information content (AvgIpc) is 3.38. The number of H-pyrrole nitrogens is 1. The summed E-state index contributed by atoms with van der Waals surface area (Å²) < 4.78 is 24.8. The van der Waals surface area contributed by atoms with Crippen molar-refractivity contribution in [1.29, 1.82) is 0 Å². The number of aromatic nitrogens is 4. The summed E-state index contributed by atoms with van der Waals surface area (Å²) in [6.07, 6.45) is 7.35. The van der Waals surface area contributed by atoms with E-state index in [1.807, 2.05) is 29.1 Å². The van der Waals surface area contributed by atoms with Crippen LogP contribution in [-0.4, -0.2) is 27.8 Å². The summed E-state index contributed by atoms with van der Waals surface area (Å²) in [5, 5.41) is 9.55. The quantitative estimate of drug-likeness (QED) is 0.405. The standard InChI is InChI=1S/C21H18N6O2S/c22-30(28,29)17-4-1-14(2-5-17)12-25-20-21-26-13-19(27(21)10-9-24-20)16-3-6-18-15(11-16)7-8-23-18/h1-11,13,23H,12H2,(H,24,25)(H2,22,28,29). The summed E-state index contributed by atoms with van der Waals surface area (Å²) in [7, 11) is -3.70. The number of nitrogens with two attached hydrogens (primary N) is 1. The Balaban J connectivity index is 1.43. The Hall–Kier alpha value is -3.69. The van der Waals surface area contributed by atoms with E-state index in [1.54, 1.807) is 18.3 Å². The van der Waals surface area contributed by atoms with Gasteiger partial charge >= 0.3 is 0 Å². The first-order valence-corrected chi connectivity index (χ1v) is 10.8. The van der Waals surface area contributed by atoms with E-state index < -0.39 is 10.0 Å². The van der Waals surface area contributed by atoms with E-state index in [1.165, 1.54) is 12.1 Å². The van der Waals surface area contributed by atoms with E-state index in [0.29, 0.717) is 18.0 Å². The molecule has 150 valence electrons. The molecule has 8 nitrogen and oxygen atoms in total. The summed E-state index contributed by atoms with van der Waals surface area (Å²) in [4.78, 5) is 12.3. The smallest absolute Gasteiger partial charge is 0.238 e. The fourth-order valence-electron chi connectivity index (χ4n) is 3.45. The Kier molecular flexibility index (Phi) is 4.27. The van der Waals surface area contributed by atoms with Crippen molar-refractivity contribution >= 4 is 32.4 Å². The molecule has 0 spiro atoms. The molecule has 0 saturated carbocycles. The van der Waals surface area contributed by atoms with E-state index >= 15 is 0 Å². The van der Waals surface area contributed by atoms with Crippen molar-refractivity contribution in [2.45, 2.75) is 11.4 Å². The Morgan fingerprint density at radius 1 is 1.07 bits per heavy atom. The highest BCUT2D eigenvalue weighted by Gasteiger charge is 2.11. The Morgan fingerprint density at radius 2 is 1.90 bits per heavy atom. The number of sulfonamides is 1. The maximum Gasteiger partial charge on any atom is 0.238 e. The second-order valence-corrected chi connectivity index (χ2v) is 8.50. The van der Waals surface area contributed by atoms with E-state index in [0.717, 1.165) is 27.7 Å². The topological polar surface area (TPSA) is 118 Å². The number of benzene rings is 2. The van der Waals surface area contributed by atoms with E-state index in [2.05, 4.69) is 38.5 Å². The molecule has 9 heteroatoms. The number of nitrogens with one attached hydrogen (secondary N) is 2. The summed E-state index contributed by atoms with van der Waals surface area (Å²) >= 11 is 0. The fourth-order valence-corrected chi connectivity index (χ4v) is 3.97. The average molecular weight is 418 g/mol. The lowest BCUT2D eigenvalue weighted by atomic mass is 10.1. The predicted molar refractivity (Wildman–Crippen MR) is 115 cm³/mol. The molecule has 0 bridgehead atoms. The third kappa shape index (κ3) is 3.30. The first-order valence-electron chi connectivity index (χ1n) is 9.24. The highest BCUT2D eigenvalue weighted by molar-refractivity contribution is 7.89. The molecule has 0 unspecified atom stereocenters. The van der Waals surface area contributed by atoms with Gasteiger partial charge in [0.05, 0.1) is 16.8 Å². The van der Waals surface area contributed by atoms with Crippen molar-refractivity contribution in [2.24, 2.45) is 5.14 Å². The van der Waals surface area contributed by atoms with Gasteiger partial charge in [0.2, 0.25) is 10.0 Å². The zero-order chi connectivity index (χ0) is 20.7. The van der Waals surface area contributed by atoms with E-state index in [4.69, 9.17) is 5.14 Å². The number of hydrogen-bond acceptors (Lipinski definition) is 5. The third-order valence-electron chi connectivity index (χ3n) is 4.99. The Labute approximate surface area is 172 Å². The predicted octanol–water partition coefficient (Wildman–Crippen LogP) is 3.14. The number of hydrogen-bond donors (Lipinski definition) is 3. The second kappa shape index (κ2) is 6.97. The fraction of sp³-hybridized carbons (Fsp3) is 0.0476. The van der Waals surface area contributed by atoms with Gasteiger partial charge in [-0.25, -0.2) is 23.5 Å². The molecule has 0 aliphatic rings. The minimum Gasteiger partial charge on any atom is -0.363 e. The molecule has 0 saturated heterocycles. The SMILES string of the molecule is NS(=O)(=O)c1ccc(CNc2nccn3c(-c4ccc5[nH]ccc5c4)cnc23)cc1. The molecule has 0 aliphatic heterocycles. The minimum absolute atomic E-state index is 0.0868. The van der Waals surface area contributed by atoms with Crippen molar-refractivity contribution < 1.29 is 8.42 Å².